The van der Waals surface area contributed by atoms with Crippen LogP contribution in [0.3, 0.4) is 0 Å². The van der Waals surface area contributed by atoms with Gasteiger partial charge in [-0.25, -0.2) is 0 Å². The highest BCUT2D eigenvalue weighted by Crippen LogP contribution is 2.32. The van der Waals surface area contributed by atoms with Gasteiger partial charge in [-0.3, -0.25) is 9.48 Å². The minimum absolute atomic E-state index is 0.136. The number of carbonyl (C=O) groups excluding carboxylic acids is 1. The van der Waals surface area contributed by atoms with Crippen molar-refractivity contribution in [1.29, 1.82) is 5.26 Å². The molecule has 1 aromatic heterocycles. The average Bonchev–Trinajstić information content (AvgIpc) is 2.85. The number of benzene rings is 1. The Labute approximate surface area is 123 Å². The molecule has 5 heteroatoms. The van der Waals surface area contributed by atoms with Crippen LogP contribution in [0.4, 0.5) is 5.69 Å². The molecule has 1 aliphatic carbocycles. The van der Waals surface area contributed by atoms with Gasteiger partial charge in [-0.05, 0) is 25.0 Å². The summed E-state index contributed by atoms with van der Waals surface area (Å²) in [5.74, 6) is 0.136. The molecule has 0 saturated carbocycles. The van der Waals surface area contributed by atoms with Gasteiger partial charge in [0.05, 0.1) is 24.6 Å². The Morgan fingerprint density at radius 1 is 1.38 bits per heavy atom. The van der Waals surface area contributed by atoms with E-state index in [9.17, 15) is 4.79 Å². The Balaban J connectivity index is 2.14. The number of nitrogens with two attached hydrogens (primary N) is 1. The van der Waals surface area contributed by atoms with E-state index in [1.165, 1.54) is 0 Å². The third kappa shape index (κ3) is 2.40. The standard InChI is InChI=1S/C16H16N4O/c17-8-3-9-20-13-6-2-7-14(21)15(13)16(19-20)11-4-1-5-12(18)10-11/h1,4-5,10H,2-3,6-7,9,18H2. The topological polar surface area (TPSA) is 84.7 Å². The number of aryl methyl sites for hydroxylation is 1. The van der Waals surface area contributed by atoms with Crippen molar-refractivity contribution in [2.24, 2.45) is 0 Å². The smallest absolute Gasteiger partial charge is 0.166 e. The van der Waals surface area contributed by atoms with E-state index in [-0.39, 0.29) is 5.78 Å². The summed E-state index contributed by atoms with van der Waals surface area (Å²) in [5.41, 5.74) is 9.70. The van der Waals surface area contributed by atoms with Crippen molar-refractivity contribution in [3.05, 3.63) is 35.5 Å². The highest BCUT2D eigenvalue weighted by molar-refractivity contribution is 6.03. The lowest BCUT2D eigenvalue weighted by Crippen LogP contribution is -2.14. The van der Waals surface area contributed by atoms with Crippen LogP contribution >= 0.6 is 0 Å². The minimum atomic E-state index is 0.136. The van der Waals surface area contributed by atoms with Gasteiger partial charge < -0.3 is 5.73 Å². The van der Waals surface area contributed by atoms with Crippen molar-refractivity contribution >= 4 is 11.5 Å². The van der Waals surface area contributed by atoms with Gasteiger partial charge in [-0.1, -0.05) is 12.1 Å². The highest BCUT2D eigenvalue weighted by atomic mass is 16.1. The zero-order valence-electron chi connectivity index (χ0n) is 11.7. The largest absolute Gasteiger partial charge is 0.399 e. The van der Waals surface area contributed by atoms with Crippen LogP contribution in [0.2, 0.25) is 0 Å². The van der Waals surface area contributed by atoms with E-state index in [0.29, 0.717) is 36.3 Å². The van der Waals surface area contributed by atoms with Gasteiger partial charge in [0.2, 0.25) is 0 Å². The predicted molar refractivity (Wildman–Crippen MR) is 79.6 cm³/mol. The van der Waals surface area contributed by atoms with Gasteiger partial charge in [-0.15, -0.1) is 0 Å². The Kier molecular flexibility index (Phi) is 3.44. The maximum absolute atomic E-state index is 12.3. The Bertz CT molecular complexity index is 739. The summed E-state index contributed by atoms with van der Waals surface area (Å²) in [5, 5.41) is 13.3. The molecule has 0 aliphatic heterocycles. The molecule has 0 amide bonds. The molecule has 1 heterocycles. The molecule has 0 fully saturated rings. The summed E-state index contributed by atoms with van der Waals surface area (Å²) in [6.07, 6.45) is 2.63. The first kappa shape index (κ1) is 13.4. The number of nitrogens with zero attached hydrogens (tertiary/aromatic N) is 3. The summed E-state index contributed by atoms with van der Waals surface area (Å²) in [4.78, 5) is 12.3. The fraction of sp³-hybridized carbons (Fsp3) is 0.312. The fourth-order valence-electron chi connectivity index (χ4n) is 2.81. The zero-order chi connectivity index (χ0) is 14.8. The third-order valence-corrected chi connectivity index (χ3v) is 3.75. The quantitative estimate of drug-likeness (QED) is 0.876. The Morgan fingerprint density at radius 3 is 3.00 bits per heavy atom. The molecule has 21 heavy (non-hydrogen) atoms. The van der Waals surface area contributed by atoms with Crippen molar-refractivity contribution in [3.8, 4) is 17.3 Å². The number of rotatable bonds is 3. The molecule has 2 aromatic rings. The van der Waals surface area contributed by atoms with Crippen LogP contribution in [0, 0.1) is 11.3 Å². The van der Waals surface area contributed by atoms with Gasteiger partial charge >= 0.3 is 0 Å². The summed E-state index contributed by atoms with van der Waals surface area (Å²) < 4.78 is 1.81. The van der Waals surface area contributed by atoms with Crippen molar-refractivity contribution in [2.75, 3.05) is 5.73 Å². The average molecular weight is 280 g/mol. The van der Waals surface area contributed by atoms with E-state index in [1.54, 1.807) is 0 Å². The molecule has 0 unspecified atom stereocenters. The lowest BCUT2D eigenvalue weighted by molar-refractivity contribution is 0.0972. The van der Waals surface area contributed by atoms with Gasteiger partial charge in [0.1, 0.15) is 5.69 Å². The van der Waals surface area contributed by atoms with E-state index in [4.69, 9.17) is 11.0 Å². The number of anilines is 1. The molecular formula is C16H16N4O. The minimum Gasteiger partial charge on any atom is -0.399 e. The molecule has 0 saturated heterocycles. The van der Waals surface area contributed by atoms with Crippen LogP contribution in [0.15, 0.2) is 24.3 Å². The molecule has 1 aromatic carbocycles. The van der Waals surface area contributed by atoms with Gasteiger partial charge in [0.25, 0.3) is 0 Å². The van der Waals surface area contributed by atoms with Gasteiger partial charge in [0, 0.05) is 23.4 Å². The van der Waals surface area contributed by atoms with Crippen LogP contribution in [0.5, 0.6) is 0 Å². The SMILES string of the molecule is N#CCCn1nc(-c2cccc(N)c2)c2c1CCCC2=O. The number of hydrogen-bond donors (Lipinski definition) is 1. The third-order valence-electron chi connectivity index (χ3n) is 3.75. The molecule has 106 valence electrons. The van der Waals surface area contributed by atoms with Gasteiger partial charge in [-0.2, -0.15) is 10.4 Å². The number of Topliss-reactive ketones (excluding diaryl/α,β-unsaturated/α-hetero) is 1. The number of ketones is 1. The molecule has 5 nitrogen and oxygen atoms in total. The number of nitrogen functional groups attached to an aromatic ring is 1. The summed E-state index contributed by atoms with van der Waals surface area (Å²) in [7, 11) is 0. The van der Waals surface area contributed by atoms with Crippen LogP contribution in [0.1, 0.15) is 35.3 Å². The number of fused-ring (bicyclic) bond motifs is 1. The Hall–Kier alpha value is -2.61. The summed E-state index contributed by atoms with van der Waals surface area (Å²) in [6, 6.07) is 9.54. The number of nitriles is 1. The van der Waals surface area contributed by atoms with Crippen molar-refractivity contribution in [3.63, 3.8) is 0 Å². The molecule has 2 N–H and O–H groups in total. The number of carbonyl (C=O) groups is 1. The van der Waals surface area contributed by atoms with Crippen LogP contribution in [-0.4, -0.2) is 15.6 Å². The Morgan fingerprint density at radius 2 is 2.24 bits per heavy atom. The van der Waals surface area contributed by atoms with Crippen LogP contribution in [-0.2, 0) is 13.0 Å². The predicted octanol–water partition coefficient (Wildman–Crippen LogP) is 2.56. The summed E-state index contributed by atoms with van der Waals surface area (Å²) in [6.45, 7) is 0.522. The second kappa shape index (κ2) is 5.41. The highest BCUT2D eigenvalue weighted by Gasteiger charge is 2.27. The molecule has 0 atom stereocenters. The van der Waals surface area contributed by atoms with Gasteiger partial charge in [0.15, 0.2) is 5.78 Å². The van der Waals surface area contributed by atoms with Crippen molar-refractivity contribution < 1.29 is 4.79 Å². The monoisotopic (exact) mass is 280 g/mol. The van der Waals surface area contributed by atoms with E-state index < -0.39 is 0 Å². The zero-order valence-corrected chi connectivity index (χ0v) is 11.7. The first-order chi connectivity index (χ1) is 10.2. The first-order valence-corrected chi connectivity index (χ1v) is 7.06. The normalized spacial score (nSPS) is 13.8. The van der Waals surface area contributed by atoms with Crippen LogP contribution < -0.4 is 5.73 Å². The lowest BCUT2D eigenvalue weighted by atomic mass is 9.92. The molecule has 0 bridgehead atoms. The van der Waals surface area contributed by atoms with Crippen LogP contribution in [0.25, 0.3) is 11.3 Å². The van der Waals surface area contributed by atoms with E-state index in [2.05, 4.69) is 11.2 Å². The van der Waals surface area contributed by atoms with Crippen molar-refractivity contribution in [1.82, 2.24) is 9.78 Å². The lowest BCUT2D eigenvalue weighted by Gasteiger charge is -2.12. The van der Waals surface area contributed by atoms with Crippen molar-refractivity contribution in [2.45, 2.75) is 32.2 Å². The molecule has 3 rings (SSSR count). The van der Waals surface area contributed by atoms with E-state index in [1.807, 2.05) is 28.9 Å². The van der Waals surface area contributed by atoms with E-state index >= 15 is 0 Å². The molecule has 1 aliphatic rings. The number of aromatic nitrogens is 2. The molecular weight excluding hydrogens is 264 g/mol. The maximum Gasteiger partial charge on any atom is 0.166 e. The second-order valence-corrected chi connectivity index (χ2v) is 5.20. The van der Waals surface area contributed by atoms with E-state index in [0.717, 1.165) is 24.1 Å². The fourth-order valence-corrected chi connectivity index (χ4v) is 2.81. The first-order valence-electron chi connectivity index (χ1n) is 7.06. The number of hydrogen-bond acceptors (Lipinski definition) is 4. The maximum atomic E-state index is 12.3. The molecule has 0 radical (unpaired) electrons. The second-order valence-electron chi connectivity index (χ2n) is 5.20. The summed E-state index contributed by atoms with van der Waals surface area (Å²) >= 11 is 0. The molecule has 0 spiro atoms.